The van der Waals surface area contributed by atoms with Crippen molar-refractivity contribution < 1.29 is 4.74 Å². The van der Waals surface area contributed by atoms with E-state index in [-0.39, 0.29) is 12.4 Å². The molecule has 3 fully saturated rings. The molecular weight excluding hydrogens is 248 g/mol. The lowest BCUT2D eigenvalue weighted by Crippen LogP contribution is -2.38. The molecule has 4 heteroatoms. The van der Waals surface area contributed by atoms with Crippen molar-refractivity contribution in [1.82, 2.24) is 4.90 Å². The fraction of sp³-hybridized carbons (Fsp3) is 1.00. The zero-order valence-electron chi connectivity index (χ0n) is 11.2. The fourth-order valence-corrected chi connectivity index (χ4v) is 3.99. The van der Waals surface area contributed by atoms with Crippen LogP contribution >= 0.6 is 12.4 Å². The Hall–Kier alpha value is 0.170. The number of ether oxygens (including phenoxy) is 1. The van der Waals surface area contributed by atoms with Crippen LogP contribution in [0.4, 0.5) is 0 Å². The van der Waals surface area contributed by atoms with Gasteiger partial charge in [0.15, 0.2) is 0 Å². The molecule has 0 aromatic heterocycles. The standard InChI is InChI=1S/C14H26N2O.ClH/c15-14-5-1-3-11-9-16(10-13(11)14)7-6-12-4-2-8-17-12;/h11-14H,1-10,15H2;1H. The van der Waals surface area contributed by atoms with E-state index in [1.165, 1.54) is 58.2 Å². The van der Waals surface area contributed by atoms with Gasteiger partial charge >= 0.3 is 0 Å². The maximum Gasteiger partial charge on any atom is 0.0588 e. The third-order valence-corrected chi connectivity index (χ3v) is 5.02. The van der Waals surface area contributed by atoms with E-state index in [4.69, 9.17) is 10.5 Å². The molecule has 2 N–H and O–H groups in total. The maximum atomic E-state index is 6.25. The van der Waals surface area contributed by atoms with Crippen molar-refractivity contribution in [2.75, 3.05) is 26.2 Å². The highest BCUT2D eigenvalue weighted by Gasteiger charge is 2.38. The van der Waals surface area contributed by atoms with Crippen LogP contribution < -0.4 is 5.73 Å². The summed E-state index contributed by atoms with van der Waals surface area (Å²) in [6, 6.07) is 0.474. The Labute approximate surface area is 117 Å². The van der Waals surface area contributed by atoms with Crippen LogP contribution in [0.25, 0.3) is 0 Å². The Morgan fingerprint density at radius 2 is 2.00 bits per heavy atom. The van der Waals surface area contributed by atoms with Gasteiger partial charge in [0.05, 0.1) is 6.10 Å². The number of halogens is 1. The fourth-order valence-electron chi connectivity index (χ4n) is 3.99. The number of hydrogen-bond donors (Lipinski definition) is 1. The van der Waals surface area contributed by atoms with E-state index in [2.05, 4.69) is 4.90 Å². The second kappa shape index (κ2) is 6.56. The van der Waals surface area contributed by atoms with Gasteiger partial charge in [0.1, 0.15) is 0 Å². The normalized spacial score (nSPS) is 40.5. The predicted octanol–water partition coefficient (Wildman–Crippen LogP) is 2.04. The van der Waals surface area contributed by atoms with Crippen LogP contribution in [0.2, 0.25) is 0 Å². The first-order valence-corrected chi connectivity index (χ1v) is 7.42. The molecule has 0 bridgehead atoms. The summed E-state index contributed by atoms with van der Waals surface area (Å²) in [6.07, 6.45) is 8.33. The van der Waals surface area contributed by atoms with Gasteiger partial charge in [-0.3, -0.25) is 0 Å². The molecule has 0 amide bonds. The summed E-state index contributed by atoms with van der Waals surface area (Å²) in [7, 11) is 0. The molecule has 0 aromatic carbocycles. The third kappa shape index (κ3) is 3.19. The lowest BCUT2D eigenvalue weighted by molar-refractivity contribution is 0.0942. The SMILES string of the molecule is Cl.NC1CCCC2CN(CCC3CCCO3)CC12. The Kier molecular flexibility index (Phi) is 5.31. The highest BCUT2D eigenvalue weighted by Crippen LogP contribution is 2.35. The van der Waals surface area contributed by atoms with Gasteiger partial charge < -0.3 is 15.4 Å². The maximum absolute atomic E-state index is 6.25. The summed E-state index contributed by atoms with van der Waals surface area (Å²) < 4.78 is 5.70. The molecule has 3 nitrogen and oxygen atoms in total. The first-order valence-electron chi connectivity index (χ1n) is 7.42. The van der Waals surface area contributed by atoms with Gasteiger partial charge in [0.2, 0.25) is 0 Å². The van der Waals surface area contributed by atoms with E-state index in [0.717, 1.165) is 18.4 Å². The van der Waals surface area contributed by atoms with E-state index < -0.39 is 0 Å². The second-order valence-corrected chi connectivity index (χ2v) is 6.20. The lowest BCUT2D eigenvalue weighted by Gasteiger charge is -2.29. The molecule has 4 atom stereocenters. The summed E-state index contributed by atoms with van der Waals surface area (Å²) in [5.74, 6) is 1.68. The van der Waals surface area contributed by atoms with Crippen molar-refractivity contribution in [3.63, 3.8) is 0 Å². The van der Waals surface area contributed by atoms with Crippen molar-refractivity contribution in [3.8, 4) is 0 Å². The minimum Gasteiger partial charge on any atom is -0.378 e. The molecular formula is C14H27ClN2O. The molecule has 4 unspecified atom stereocenters. The Morgan fingerprint density at radius 3 is 2.72 bits per heavy atom. The Balaban J connectivity index is 0.00000120. The summed E-state index contributed by atoms with van der Waals surface area (Å²) in [6.45, 7) is 4.76. The number of nitrogens with two attached hydrogens (primary N) is 1. The second-order valence-electron chi connectivity index (χ2n) is 6.20. The van der Waals surface area contributed by atoms with E-state index in [9.17, 15) is 0 Å². The van der Waals surface area contributed by atoms with Crippen LogP contribution in [-0.2, 0) is 4.74 Å². The predicted molar refractivity (Wildman–Crippen MR) is 76.1 cm³/mol. The minimum atomic E-state index is 0. The number of hydrogen-bond acceptors (Lipinski definition) is 3. The number of nitrogens with zero attached hydrogens (tertiary/aromatic N) is 1. The van der Waals surface area contributed by atoms with Crippen molar-refractivity contribution >= 4 is 12.4 Å². The molecule has 0 aromatic rings. The molecule has 2 aliphatic heterocycles. The zero-order valence-corrected chi connectivity index (χ0v) is 12.0. The summed E-state index contributed by atoms with van der Waals surface area (Å²) in [4.78, 5) is 2.64. The van der Waals surface area contributed by atoms with Crippen LogP contribution in [-0.4, -0.2) is 43.3 Å². The van der Waals surface area contributed by atoms with Crippen LogP contribution in [0, 0.1) is 11.8 Å². The highest BCUT2D eigenvalue weighted by molar-refractivity contribution is 5.85. The van der Waals surface area contributed by atoms with Gasteiger partial charge in [-0.05, 0) is 43.9 Å². The van der Waals surface area contributed by atoms with Gasteiger partial charge in [-0.25, -0.2) is 0 Å². The minimum absolute atomic E-state index is 0. The highest BCUT2D eigenvalue weighted by atomic mass is 35.5. The van der Waals surface area contributed by atoms with Crippen LogP contribution in [0.5, 0.6) is 0 Å². The molecule has 106 valence electrons. The van der Waals surface area contributed by atoms with E-state index in [1.54, 1.807) is 0 Å². The number of fused-ring (bicyclic) bond motifs is 1. The molecule has 0 spiro atoms. The molecule has 18 heavy (non-hydrogen) atoms. The van der Waals surface area contributed by atoms with Crippen LogP contribution in [0.1, 0.15) is 38.5 Å². The van der Waals surface area contributed by atoms with Crippen LogP contribution in [0.15, 0.2) is 0 Å². The largest absolute Gasteiger partial charge is 0.378 e. The molecule has 0 radical (unpaired) electrons. The third-order valence-electron chi connectivity index (χ3n) is 5.02. The average Bonchev–Trinajstić information content (AvgIpc) is 2.95. The molecule has 2 saturated heterocycles. The summed E-state index contributed by atoms with van der Waals surface area (Å²) in [5.41, 5.74) is 6.25. The van der Waals surface area contributed by atoms with Crippen molar-refractivity contribution in [3.05, 3.63) is 0 Å². The molecule has 1 saturated carbocycles. The zero-order chi connectivity index (χ0) is 11.7. The summed E-state index contributed by atoms with van der Waals surface area (Å²) >= 11 is 0. The van der Waals surface area contributed by atoms with E-state index in [1.807, 2.05) is 0 Å². The molecule has 1 aliphatic carbocycles. The van der Waals surface area contributed by atoms with Gasteiger partial charge in [-0.2, -0.15) is 0 Å². The van der Waals surface area contributed by atoms with E-state index in [0.29, 0.717) is 12.1 Å². The smallest absolute Gasteiger partial charge is 0.0588 e. The van der Waals surface area contributed by atoms with Crippen molar-refractivity contribution in [2.45, 2.75) is 50.7 Å². The lowest BCUT2D eigenvalue weighted by atomic mass is 9.78. The van der Waals surface area contributed by atoms with Crippen molar-refractivity contribution in [1.29, 1.82) is 0 Å². The number of likely N-dealkylation sites (tertiary alicyclic amines) is 1. The molecule has 3 rings (SSSR count). The van der Waals surface area contributed by atoms with Crippen LogP contribution in [0.3, 0.4) is 0 Å². The first-order chi connectivity index (χ1) is 8.33. The van der Waals surface area contributed by atoms with E-state index >= 15 is 0 Å². The van der Waals surface area contributed by atoms with Crippen molar-refractivity contribution in [2.24, 2.45) is 17.6 Å². The van der Waals surface area contributed by atoms with Gasteiger partial charge in [-0.15, -0.1) is 12.4 Å². The molecule has 3 aliphatic rings. The quantitative estimate of drug-likeness (QED) is 0.856. The Bertz CT molecular complexity index is 258. The Morgan fingerprint density at radius 1 is 1.11 bits per heavy atom. The van der Waals surface area contributed by atoms with Gasteiger partial charge in [0.25, 0.3) is 0 Å². The molecule has 2 heterocycles. The summed E-state index contributed by atoms with van der Waals surface area (Å²) in [5, 5.41) is 0. The van der Waals surface area contributed by atoms with Gasteiger partial charge in [-0.1, -0.05) is 6.42 Å². The van der Waals surface area contributed by atoms with Gasteiger partial charge in [0, 0.05) is 32.3 Å². The first kappa shape index (κ1) is 14.6. The average molecular weight is 275 g/mol. The monoisotopic (exact) mass is 274 g/mol. The topological polar surface area (TPSA) is 38.5 Å². The number of rotatable bonds is 3.